The fourth-order valence-electron chi connectivity index (χ4n) is 6.82. The highest BCUT2D eigenvalue weighted by Gasteiger charge is 2.36. The van der Waals surface area contributed by atoms with E-state index in [0.717, 1.165) is 54.6 Å². The smallest absolute Gasteiger partial charge is 0.318 e. The first-order valence-electron chi connectivity index (χ1n) is 15.8. The van der Waals surface area contributed by atoms with E-state index in [1.54, 1.807) is 0 Å². The summed E-state index contributed by atoms with van der Waals surface area (Å²) in [5.41, 5.74) is 7.83. The zero-order chi connectivity index (χ0) is 30.8. The summed E-state index contributed by atoms with van der Waals surface area (Å²) in [6, 6.07) is 22.1. The molecule has 1 fully saturated rings. The second kappa shape index (κ2) is 12.7. The lowest BCUT2D eigenvalue weighted by molar-refractivity contribution is -0.121. The molecule has 0 bridgehead atoms. The number of piperazine rings is 1. The lowest BCUT2D eigenvalue weighted by atomic mass is 9.90. The number of nitrogens with one attached hydrogen (secondary N) is 2. The van der Waals surface area contributed by atoms with Crippen LogP contribution in [0.4, 0.5) is 16.2 Å². The zero-order valence-electron chi connectivity index (χ0n) is 26.3. The second-order valence-corrected chi connectivity index (χ2v) is 12.6. The van der Waals surface area contributed by atoms with E-state index in [9.17, 15) is 9.59 Å². The molecular formula is C36H44N6O2. The van der Waals surface area contributed by atoms with Gasteiger partial charge in [-0.05, 0) is 74.3 Å². The topological polar surface area (TPSA) is 74.9 Å². The molecule has 2 N–H and O–H groups in total. The molecular weight excluding hydrogens is 548 g/mol. The molecule has 8 heteroatoms. The maximum Gasteiger partial charge on any atom is 0.318 e. The number of anilines is 2. The van der Waals surface area contributed by atoms with Crippen molar-refractivity contribution in [1.29, 1.82) is 0 Å². The van der Waals surface area contributed by atoms with E-state index in [4.69, 9.17) is 0 Å². The fourth-order valence-corrected chi connectivity index (χ4v) is 6.82. The van der Waals surface area contributed by atoms with Crippen LogP contribution in [0.25, 0.3) is 10.9 Å². The average molecular weight is 593 g/mol. The Balaban J connectivity index is 1.27. The Kier molecular flexibility index (Phi) is 8.62. The highest BCUT2D eigenvalue weighted by Crippen LogP contribution is 2.33. The number of aromatic nitrogens is 1. The van der Waals surface area contributed by atoms with E-state index in [1.165, 1.54) is 22.4 Å². The molecule has 6 rings (SSSR count). The summed E-state index contributed by atoms with van der Waals surface area (Å²) < 4.78 is 0. The molecule has 2 atom stereocenters. The Labute approximate surface area is 260 Å². The van der Waals surface area contributed by atoms with E-state index in [0.29, 0.717) is 19.6 Å². The molecule has 44 heavy (non-hydrogen) atoms. The minimum atomic E-state index is -0.723. The molecule has 2 aliphatic rings. The molecule has 3 heterocycles. The van der Waals surface area contributed by atoms with Crippen LogP contribution in [0.1, 0.15) is 41.5 Å². The van der Waals surface area contributed by atoms with Gasteiger partial charge < -0.3 is 29.9 Å². The van der Waals surface area contributed by atoms with Crippen LogP contribution in [0.15, 0.2) is 72.9 Å². The van der Waals surface area contributed by atoms with Gasteiger partial charge in [-0.3, -0.25) is 4.79 Å². The highest BCUT2D eigenvalue weighted by molar-refractivity contribution is 6.01. The standard InChI is InChI=1S/C36H44N6O2/c1-25-10-5-8-14-32(25)40-18-20-41(21-19-40)36(44)38-34(26(2)30-23-37-31-13-7-6-12-29(30)31)35(43)42-17-9-11-28-16-15-27(22-33(28)42)24-39(3)4/h5-8,10,12-16,22-23,26,34,37H,9,11,17-21,24H2,1-4H3,(H,38,44)/t26-,34+/m0/s1. The minimum Gasteiger partial charge on any atom is -0.368 e. The molecule has 2 aliphatic heterocycles. The second-order valence-electron chi connectivity index (χ2n) is 12.6. The number of urea groups is 1. The maximum absolute atomic E-state index is 14.6. The molecule has 8 nitrogen and oxygen atoms in total. The molecule has 0 aliphatic carbocycles. The SMILES string of the molecule is Cc1ccccc1N1CCN(C(=O)N[C@@H](C(=O)N2CCCc3ccc(CN(C)C)cc32)[C@@H](C)c2c[nH]c3ccccc23)CC1. The third kappa shape index (κ3) is 6.04. The Morgan fingerprint density at radius 1 is 0.932 bits per heavy atom. The summed E-state index contributed by atoms with van der Waals surface area (Å²) in [6.45, 7) is 8.33. The van der Waals surface area contributed by atoms with Crippen molar-refractivity contribution in [2.24, 2.45) is 0 Å². The number of carbonyl (C=O) groups is 2. The number of fused-ring (bicyclic) bond motifs is 2. The van der Waals surface area contributed by atoms with Gasteiger partial charge in [0.2, 0.25) is 5.91 Å². The molecule has 0 radical (unpaired) electrons. The van der Waals surface area contributed by atoms with Gasteiger partial charge >= 0.3 is 6.03 Å². The van der Waals surface area contributed by atoms with E-state index in [-0.39, 0.29) is 17.9 Å². The lowest BCUT2D eigenvalue weighted by Crippen LogP contribution is -2.58. The molecule has 0 spiro atoms. The monoisotopic (exact) mass is 592 g/mol. The third-order valence-corrected chi connectivity index (χ3v) is 9.21. The van der Waals surface area contributed by atoms with Crippen LogP contribution < -0.4 is 15.1 Å². The molecule has 3 aromatic carbocycles. The molecule has 0 saturated carbocycles. The van der Waals surface area contributed by atoms with Crippen molar-refractivity contribution in [2.45, 2.75) is 45.2 Å². The molecule has 3 amide bonds. The number of para-hydroxylation sites is 2. The number of aryl methyl sites for hydroxylation is 2. The number of carbonyl (C=O) groups excluding carboxylic acids is 2. The van der Waals surface area contributed by atoms with Gasteiger partial charge in [-0.2, -0.15) is 0 Å². The number of amides is 3. The van der Waals surface area contributed by atoms with Crippen molar-refractivity contribution >= 4 is 34.2 Å². The number of benzene rings is 3. The zero-order valence-corrected chi connectivity index (χ0v) is 26.3. The number of hydrogen-bond donors (Lipinski definition) is 2. The predicted molar refractivity (Wildman–Crippen MR) is 179 cm³/mol. The van der Waals surface area contributed by atoms with Crippen molar-refractivity contribution < 1.29 is 9.59 Å². The van der Waals surface area contributed by atoms with Crippen LogP contribution >= 0.6 is 0 Å². The number of nitrogens with zero attached hydrogens (tertiary/aromatic N) is 4. The maximum atomic E-state index is 14.6. The fraction of sp³-hybridized carbons (Fsp3) is 0.389. The summed E-state index contributed by atoms with van der Waals surface area (Å²) in [5, 5.41) is 4.31. The summed E-state index contributed by atoms with van der Waals surface area (Å²) in [7, 11) is 4.11. The molecule has 230 valence electrons. The van der Waals surface area contributed by atoms with E-state index < -0.39 is 6.04 Å². The van der Waals surface area contributed by atoms with Gasteiger partial charge in [0, 0.05) is 73.7 Å². The molecule has 4 aromatic rings. The Bertz CT molecular complexity index is 1640. The molecule has 1 saturated heterocycles. The van der Waals surface area contributed by atoms with Gasteiger partial charge in [0.25, 0.3) is 0 Å². The van der Waals surface area contributed by atoms with Crippen LogP contribution in [-0.4, -0.2) is 79.6 Å². The van der Waals surface area contributed by atoms with Gasteiger partial charge in [-0.15, -0.1) is 0 Å². The van der Waals surface area contributed by atoms with Crippen molar-refractivity contribution in [3.63, 3.8) is 0 Å². The number of aromatic amines is 1. The Morgan fingerprint density at radius 3 is 2.45 bits per heavy atom. The van der Waals surface area contributed by atoms with E-state index in [2.05, 4.69) is 96.6 Å². The number of rotatable bonds is 7. The van der Waals surface area contributed by atoms with Crippen LogP contribution in [0, 0.1) is 6.92 Å². The quantitative estimate of drug-likeness (QED) is 0.296. The van der Waals surface area contributed by atoms with Crippen LogP contribution in [0.2, 0.25) is 0 Å². The van der Waals surface area contributed by atoms with Crippen LogP contribution in [-0.2, 0) is 17.8 Å². The number of H-pyrrole nitrogens is 1. The first-order chi connectivity index (χ1) is 21.3. The first-order valence-corrected chi connectivity index (χ1v) is 15.8. The van der Waals surface area contributed by atoms with Gasteiger partial charge in [0.05, 0.1) is 0 Å². The van der Waals surface area contributed by atoms with Gasteiger partial charge in [-0.1, -0.05) is 55.5 Å². The lowest BCUT2D eigenvalue weighted by Gasteiger charge is -2.39. The predicted octanol–water partition coefficient (Wildman–Crippen LogP) is 5.52. The molecule has 0 unspecified atom stereocenters. The minimum absolute atomic E-state index is 0.0577. The summed E-state index contributed by atoms with van der Waals surface area (Å²) >= 11 is 0. The summed E-state index contributed by atoms with van der Waals surface area (Å²) in [5.74, 6) is -0.302. The van der Waals surface area contributed by atoms with Crippen LogP contribution in [0.5, 0.6) is 0 Å². The van der Waals surface area contributed by atoms with Crippen molar-refractivity contribution in [2.75, 3.05) is 56.6 Å². The van der Waals surface area contributed by atoms with Crippen molar-refractivity contribution in [3.05, 3.63) is 95.2 Å². The normalized spacial score (nSPS) is 16.6. The van der Waals surface area contributed by atoms with Crippen molar-refractivity contribution in [3.8, 4) is 0 Å². The summed E-state index contributed by atoms with van der Waals surface area (Å²) in [6.07, 6.45) is 3.83. The Morgan fingerprint density at radius 2 is 1.68 bits per heavy atom. The average Bonchev–Trinajstić information content (AvgIpc) is 3.47. The number of hydrogen-bond acceptors (Lipinski definition) is 4. The first kappa shape index (κ1) is 29.8. The largest absolute Gasteiger partial charge is 0.368 e. The van der Waals surface area contributed by atoms with E-state index in [1.807, 2.05) is 34.2 Å². The van der Waals surface area contributed by atoms with Gasteiger partial charge in [-0.25, -0.2) is 4.79 Å². The Hall–Kier alpha value is -4.30. The van der Waals surface area contributed by atoms with Crippen molar-refractivity contribution in [1.82, 2.24) is 20.1 Å². The van der Waals surface area contributed by atoms with Crippen LogP contribution in [0.3, 0.4) is 0 Å². The van der Waals surface area contributed by atoms with Gasteiger partial charge in [0.15, 0.2) is 0 Å². The highest BCUT2D eigenvalue weighted by atomic mass is 16.2. The van der Waals surface area contributed by atoms with E-state index >= 15 is 0 Å². The molecule has 1 aromatic heterocycles. The third-order valence-electron chi connectivity index (χ3n) is 9.21. The summed E-state index contributed by atoms with van der Waals surface area (Å²) in [4.78, 5) is 40.1. The van der Waals surface area contributed by atoms with Gasteiger partial charge in [0.1, 0.15) is 6.04 Å².